The first-order chi connectivity index (χ1) is 9.11. The van der Waals surface area contributed by atoms with E-state index in [2.05, 4.69) is 52.5 Å². The van der Waals surface area contributed by atoms with E-state index in [4.69, 9.17) is 5.73 Å². The van der Waals surface area contributed by atoms with Crippen molar-refractivity contribution in [1.82, 2.24) is 15.2 Å². The number of aliphatic imine (C=N–C) groups is 1. The third kappa shape index (κ3) is 7.03. The van der Waals surface area contributed by atoms with Gasteiger partial charge in [-0.05, 0) is 26.2 Å². The maximum absolute atomic E-state index is 5.55. The zero-order valence-electron chi connectivity index (χ0n) is 11.9. The highest BCUT2D eigenvalue weighted by molar-refractivity contribution is 7.98. The maximum atomic E-state index is 5.55. The van der Waals surface area contributed by atoms with Gasteiger partial charge in [-0.3, -0.25) is 9.98 Å². The van der Waals surface area contributed by atoms with Crippen molar-refractivity contribution in [3.8, 4) is 0 Å². The Kier molecular flexibility index (Phi) is 7.28. The molecule has 106 valence electrons. The van der Waals surface area contributed by atoms with Gasteiger partial charge in [-0.2, -0.15) is 11.8 Å². The quantitative estimate of drug-likeness (QED) is 0.442. The topological polar surface area (TPSA) is 66.5 Å². The second-order valence-electron chi connectivity index (χ2n) is 4.45. The van der Waals surface area contributed by atoms with Crippen molar-refractivity contribution in [1.29, 1.82) is 0 Å². The standard InChI is InChI=1S/C13H23N5S/c1-15-13(14)16-7-8-19-10-12-6-4-5-11(17-12)9-18(2)3/h4-6H,7-10H2,1-3H3,(H3,14,15,16). The summed E-state index contributed by atoms with van der Waals surface area (Å²) in [6.07, 6.45) is 0. The number of nitrogens with one attached hydrogen (secondary N) is 1. The molecule has 0 aliphatic carbocycles. The number of rotatable bonds is 7. The van der Waals surface area contributed by atoms with Crippen LogP contribution < -0.4 is 11.1 Å². The normalized spacial score (nSPS) is 11.9. The molecule has 0 aliphatic rings. The van der Waals surface area contributed by atoms with Gasteiger partial charge in [0.2, 0.25) is 0 Å². The van der Waals surface area contributed by atoms with Gasteiger partial charge in [-0.15, -0.1) is 0 Å². The van der Waals surface area contributed by atoms with Gasteiger partial charge in [0.1, 0.15) is 0 Å². The van der Waals surface area contributed by atoms with Crippen molar-refractivity contribution >= 4 is 17.7 Å². The highest BCUT2D eigenvalue weighted by atomic mass is 32.2. The first-order valence-electron chi connectivity index (χ1n) is 6.25. The minimum atomic E-state index is 0.492. The summed E-state index contributed by atoms with van der Waals surface area (Å²) >= 11 is 1.84. The summed E-state index contributed by atoms with van der Waals surface area (Å²) in [7, 11) is 5.78. The third-order valence-corrected chi connectivity index (χ3v) is 3.38. The van der Waals surface area contributed by atoms with E-state index >= 15 is 0 Å². The average molecular weight is 281 g/mol. The number of nitrogens with two attached hydrogens (primary N) is 1. The minimum absolute atomic E-state index is 0.492. The molecule has 1 aromatic rings. The minimum Gasteiger partial charge on any atom is -0.370 e. The smallest absolute Gasteiger partial charge is 0.188 e. The average Bonchev–Trinajstić information content (AvgIpc) is 2.37. The lowest BCUT2D eigenvalue weighted by Crippen LogP contribution is -2.32. The maximum Gasteiger partial charge on any atom is 0.188 e. The van der Waals surface area contributed by atoms with Gasteiger partial charge in [0, 0.05) is 31.6 Å². The van der Waals surface area contributed by atoms with E-state index in [1.54, 1.807) is 7.05 Å². The lowest BCUT2D eigenvalue weighted by atomic mass is 10.3. The summed E-state index contributed by atoms with van der Waals surface area (Å²) in [5, 5.41) is 3.04. The molecule has 0 saturated heterocycles. The summed E-state index contributed by atoms with van der Waals surface area (Å²) < 4.78 is 0. The molecule has 0 amide bonds. The van der Waals surface area contributed by atoms with Crippen molar-refractivity contribution in [2.75, 3.05) is 33.4 Å². The van der Waals surface area contributed by atoms with Crippen molar-refractivity contribution < 1.29 is 0 Å². The van der Waals surface area contributed by atoms with Crippen LogP contribution in [-0.2, 0) is 12.3 Å². The van der Waals surface area contributed by atoms with Crippen molar-refractivity contribution in [2.24, 2.45) is 10.7 Å². The lowest BCUT2D eigenvalue weighted by Gasteiger charge is -2.10. The number of hydrogen-bond acceptors (Lipinski definition) is 4. The van der Waals surface area contributed by atoms with Gasteiger partial charge >= 0.3 is 0 Å². The molecule has 6 heteroatoms. The Morgan fingerprint density at radius 3 is 2.84 bits per heavy atom. The Bertz CT molecular complexity index is 406. The van der Waals surface area contributed by atoms with E-state index in [0.29, 0.717) is 5.96 Å². The van der Waals surface area contributed by atoms with E-state index in [-0.39, 0.29) is 0 Å². The lowest BCUT2D eigenvalue weighted by molar-refractivity contribution is 0.396. The van der Waals surface area contributed by atoms with E-state index in [1.165, 1.54) is 0 Å². The Morgan fingerprint density at radius 2 is 2.16 bits per heavy atom. The first kappa shape index (κ1) is 15.8. The highest BCUT2D eigenvalue weighted by Crippen LogP contribution is 2.10. The van der Waals surface area contributed by atoms with Crippen molar-refractivity contribution in [3.63, 3.8) is 0 Å². The van der Waals surface area contributed by atoms with Gasteiger partial charge in [0.15, 0.2) is 5.96 Å². The van der Waals surface area contributed by atoms with E-state index < -0.39 is 0 Å². The van der Waals surface area contributed by atoms with Crippen LogP contribution >= 0.6 is 11.8 Å². The molecule has 5 nitrogen and oxygen atoms in total. The van der Waals surface area contributed by atoms with Crippen LogP contribution in [0.5, 0.6) is 0 Å². The molecule has 0 unspecified atom stereocenters. The number of pyridine rings is 1. The van der Waals surface area contributed by atoms with Crippen LogP contribution in [0.15, 0.2) is 23.2 Å². The third-order valence-electron chi connectivity index (χ3n) is 2.39. The fraction of sp³-hybridized carbons (Fsp3) is 0.538. The molecule has 1 heterocycles. The fourth-order valence-electron chi connectivity index (χ4n) is 1.53. The Hall–Kier alpha value is -1.27. The van der Waals surface area contributed by atoms with E-state index in [9.17, 15) is 0 Å². The second kappa shape index (κ2) is 8.77. The molecule has 1 aromatic heterocycles. The zero-order chi connectivity index (χ0) is 14.1. The van der Waals surface area contributed by atoms with Crippen LogP contribution in [0.25, 0.3) is 0 Å². The predicted molar refractivity (Wildman–Crippen MR) is 83.3 cm³/mol. The molecule has 0 aliphatic heterocycles. The van der Waals surface area contributed by atoms with Crippen LogP contribution in [0.4, 0.5) is 0 Å². The molecule has 3 N–H and O–H groups in total. The zero-order valence-corrected chi connectivity index (χ0v) is 12.7. The summed E-state index contributed by atoms with van der Waals surface area (Å²) in [5.74, 6) is 2.40. The van der Waals surface area contributed by atoms with Crippen molar-refractivity contribution in [3.05, 3.63) is 29.6 Å². The number of thioether (sulfide) groups is 1. The summed E-state index contributed by atoms with van der Waals surface area (Å²) in [6, 6.07) is 6.21. The predicted octanol–water partition coefficient (Wildman–Crippen LogP) is 0.911. The molecule has 0 bridgehead atoms. The summed E-state index contributed by atoms with van der Waals surface area (Å²) in [6.45, 7) is 1.70. The molecular weight excluding hydrogens is 258 g/mol. The second-order valence-corrected chi connectivity index (χ2v) is 5.55. The van der Waals surface area contributed by atoms with Crippen LogP contribution in [0.2, 0.25) is 0 Å². The van der Waals surface area contributed by atoms with Gasteiger partial charge in [0.05, 0.1) is 11.4 Å². The monoisotopic (exact) mass is 281 g/mol. The molecule has 0 fully saturated rings. The molecule has 0 saturated carbocycles. The van der Waals surface area contributed by atoms with Crippen LogP contribution in [0.3, 0.4) is 0 Å². The van der Waals surface area contributed by atoms with Crippen molar-refractivity contribution in [2.45, 2.75) is 12.3 Å². The fourth-order valence-corrected chi connectivity index (χ4v) is 2.29. The SMILES string of the molecule is CN=C(N)NCCSCc1cccc(CN(C)C)n1. The number of guanidine groups is 1. The largest absolute Gasteiger partial charge is 0.370 e. The van der Waals surface area contributed by atoms with Gasteiger partial charge < -0.3 is 16.0 Å². The first-order valence-corrected chi connectivity index (χ1v) is 7.40. The number of aromatic nitrogens is 1. The number of nitrogens with zero attached hydrogens (tertiary/aromatic N) is 3. The van der Waals surface area contributed by atoms with Crippen LogP contribution in [-0.4, -0.2) is 49.3 Å². The van der Waals surface area contributed by atoms with Gasteiger partial charge in [-0.1, -0.05) is 6.07 Å². The van der Waals surface area contributed by atoms with Crippen LogP contribution in [0, 0.1) is 0 Å². The number of hydrogen-bond donors (Lipinski definition) is 2. The molecule has 0 atom stereocenters. The summed E-state index contributed by atoms with van der Waals surface area (Å²) in [4.78, 5) is 10.6. The summed E-state index contributed by atoms with van der Waals surface area (Å²) in [5.41, 5.74) is 7.79. The van der Waals surface area contributed by atoms with Gasteiger partial charge in [0.25, 0.3) is 0 Å². The van der Waals surface area contributed by atoms with E-state index in [1.807, 2.05) is 11.8 Å². The molecule has 19 heavy (non-hydrogen) atoms. The highest BCUT2D eigenvalue weighted by Gasteiger charge is 2.00. The molecule has 0 radical (unpaired) electrons. The van der Waals surface area contributed by atoms with Crippen LogP contribution in [0.1, 0.15) is 11.4 Å². The molecule has 1 rings (SSSR count). The van der Waals surface area contributed by atoms with E-state index in [0.717, 1.165) is 36.0 Å². The Balaban J connectivity index is 2.29. The molecule has 0 aromatic carbocycles. The molecular formula is C13H23N5S. The Morgan fingerprint density at radius 1 is 1.42 bits per heavy atom. The van der Waals surface area contributed by atoms with Gasteiger partial charge in [-0.25, -0.2) is 0 Å². The Labute approximate surface area is 119 Å². The molecule has 0 spiro atoms.